The van der Waals surface area contributed by atoms with Gasteiger partial charge in [-0.05, 0) is 12.5 Å². The summed E-state index contributed by atoms with van der Waals surface area (Å²) in [4.78, 5) is 17.2. The minimum atomic E-state index is -0.246. The van der Waals surface area contributed by atoms with Crippen LogP contribution < -0.4 is 10.6 Å². The number of carbonyl (C=O) groups is 1. The van der Waals surface area contributed by atoms with E-state index in [4.69, 9.17) is 4.84 Å². The van der Waals surface area contributed by atoms with Crippen molar-refractivity contribution in [2.24, 2.45) is 11.1 Å². The minimum absolute atomic E-state index is 0.0857. The van der Waals surface area contributed by atoms with Gasteiger partial charge in [-0.1, -0.05) is 19.0 Å². The van der Waals surface area contributed by atoms with Crippen molar-refractivity contribution in [3.05, 3.63) is 0 Å². The number of amides is 1. The lowest BCUT2D eigenvalue weighted by atomic mass is 9.96. The molecule has 2 heterocycles. The molecule has 1 atom stereocenters. The van der Waals surface area contributed by atoms with Gasteiger partial charge in [-0.15, -0.1) is 0 Å². The average Bonchev–Trinajstić information content (AvgIpc) is 2.86. The highest BCUT2D eigenvalue weighted by Gasteiger charge is 2.43. The quantitative estimate of drug-likeness (QED) is 0.724. The normalized spacial score (nSPS) is 28.3. The van der Waals surface area contributed by atoms with E-state index in [0.29, 0.717) is 24.6 Å². The van der Waals surface area contributed by atoms with Crippen LogP contribution in [0.15, 0.2) is 5.16 Å². The van der Waals surface area contributed by atoms with Crippen molar-refractivity contribution in [3.8, 4) is 0 Å². The van der Waals surface area contributed by atoms with Crippen LogP contribution in [-0.4, -0.2) is 36.9 Å². The van der Waals surface area contributed by atoms with Crippen LogP contribution >= 0.6 is 0 Å². The van der Waals surface area contributed by atoms with Crippen LogP contribution in [0.5, 0.6) is 0 Å². The molecule has 90 valence electrons. The van der Waals surface area contributed by atoms with Crippen molar-refractivity contribution in [1.29, 1.82) is 0 Å². The number of nitrogens with zero attached hydrogens (tertiary/aromatic N) is 1. The van der Waals surface area contributed by atoms with E-state index in [1.54, 1.807) is 0 Å². The van der Waals surface area contributed by atoms with Crippen LogP contribution in [0.2, 0.25) is 0 Å². The summed E-state index contributed by atoms with van der Waals surface area (Å²) in [5.74, 6) is 0.367. The van der Waals surface area contributed by atoms with Crippen LogP contribution in [0.25, 0.3) is 0 Å². The molecule has 0 aromatic heterocycles. The molecular weight excluding hydrogens is 206 g/mol. The molecule has 5 nitrogen and oxygen atoms in total. The van der Waals surface area contributed by atoms with E-state index in [0.717, 1.165) is 19.5 Å². The van der Waals surface area contributed by atoms with Crippen LogP contribution in [-0.2, 0) is 9.63 Å². The predicted octanol–water partition coefficient (Wildman–Crippen LogP) is 0.267. The van der Waals surface area contributed by atoms with E-state index in [1.165, 1.54) is 0 Å². The monoisotopic (exact) mass is 225 g/mol. The van der Waals surface area contributed by atoms with Crippen molar-refractivity contribution in [2.75, 3.05) is 19.6 Å². The van der Waals surface area contributed by atoms with Crippen molar-refractivity contribution in [3.63, 3.8) is 0 Å². The van der Waals surface area contributed by atoms with Gasteiger partial charge in [0.1, 0.15) is 5.71 Å². The third-order valence-corrected chi connectivity index (χ3v) is 2.98. The van der Waals surface area contributed by atoms with Crippen molar-refractivity contribution in [2.45, 2.75) is 32.3 Å². The highest BCUT2D eigenvalue weighted by Crippen LogP contribution is 2.29. The Morgan fingerprint density at radius 1 is 1.69 bits per heavy atom. The van der Waals surface area contributed by atoms with Crippen LogP contribution in [0.4, 0.5) is 0 Å². The summed E-state index contributed by atoms with van der Waals surface area (Å²) in [6.07, 6.45) is 1.56. The lowest BCUT2D eigenvalue weighted by Gasteiger charge is -2.18. The molecule has 2 N–H and O–H groups in total. The number of nitrogens with one attached hydrogen (secondary N) is 2. The van der Waals surface area contributed by atoms with E-state index in [-0.39, 0.29) is 11.5 Å². The summed E-state index contributed by atoms with van der Waals surface area (Å²) < 4.78 is 0. The summed E-state index contributed by atoms with van der Waals surface area (Å²) in [6, 6.07) is 0. The first kappa shape index (κ1) is 11.4. The molecule has 0 aromatic rings. The smallest absolute Gasteiger partial charge is 0.269 e. The molecule has 16 heavy (non-hydrogen) atoms. The van der Waals surface area contributed by atoms with Crippen molar-refractivity contribution >= 4 is 11.6 Å². The fraction of sp³-hybridized carbons (Fsp3) is 0.818. The average molecular weight is 225 g/mol. The molecule has 0 bridgehead atoms. The van der Waals surface area contributed by atoms with Gasteiger partial charge < -0.3 is 15.5 Å². The first-order chi connectivity index (χ1) is 7.61. The molecule has 1 saturated heterocycles. The Morgan fingerprint density at radius 3 is 3.12 bits per heavy atom. The topological polar surface area (TPSA) is 62.7 Å². The second kappa shape index (κ2) is 4.41. The van der Waals surface area contributed by atoms with Crippen LogP contribution in [0.3, 0.4) is 0 Å². The highest BCUT2D eigenvalue weighted by molar-refractivity contribution is 6.39. The Hall–Kier alpha value is -1.10. The maximum Gasteiger partial charge on any atom is 0.269 e. The molecule has 0 aliphatic carbocycles. The van der Waals surface area contributed by atoms with Gasteiger partial charge in [0.15, 0.2) is 5.60 Å². The number of carbonyl (C=O) groups excluding carboxylic acids is 1. The molecule has 1 fully saturated rings. The molecule has 2 aliphatic rings. The Balaban J connectivity index is 1.85. The molecule has 2 rings (SSSR count). The molecular formula is C11H19N3O2. The predicted molar refractivity (Wildman–Crippen MR) is 61.2 cm³/mol. The lowest BCUT2D eigenvalue weighted by molar-refractivity contribution is -0.115. The van der Waals surface area contributed by atoms with E-state index in [1.807, 2.05) is 0 Å². The highest BCUT2D eigenvalue weighted by atomic mass is 16.7. The molecule has 2 aliphatic heterocycles. The van der Waals surface area contributed by atoms with Gasteiger partial charge in [-0.25, -0.2) is 0 Å². The molecule has 0 aromatic carbocycles. The van der Waals surface area contributed by atoms with Crippen molar-refractivity contribution < 1.29 is 9.63 Å². The van der Waals surface area contributed by atoms with Gasteiger partial charge in [0.25, 0.3) is 5.91 Å². The lowest BCUT2D eigenvalue weighted by Crippen LogP contribution is -2.37. The third kappa shape index (κ3) is 2.35. The zero-order valence-corrected chi connectivity index (χ0v) is 9.88. The Bertz CT molecular complexity index is 306. The fourth-order valence-electron chi connectivity index (χ4n) is 1.99. The summed E-state index contributed by atoms with van der Waals surface area (Å²) in [7, 11) is 0. The largest absolute Gasteiger partial charge is 0.387 e. The van der Waals surface area contributed by atoms with E-state index < -0.39 is 0 Å². The van der Waals surface area contributed by atoms with Gasteiger partial charge in [-0.3, -0.25) is 4.79 Å². The molecule has 0 saturated carbocycles. The maximum atomic E-state index is 11.7. The maximum absolute atomic E-state index is 11.7. The van der Waals surface area contributed by atoms with Crippen molar-refractivity contribution in [1.82, 2.24) is 10.6 Å². The second-order valence-electron chi connectivity index (χ2n) is 5.02. The van der Waals surface area contributed by atoms with Crippen LogP contribution in [0.1, 0.15) is 26.7 Å². The molecule has 1 amide bonds. The number of hydrogen-bond acceptors (Lipinski definition) is 4. The van der Waals surface area contributed by atoms with Gasteiger partial charge in [-0.2, -0.15) is 0 Å². The molecule has 1 spiro atoms. The standard InChI is InChI=1S/C11H19N3O2/c1-8(2)6-13-10(15)9-5-11(16-14-9)3-4-12-7-11/h8,12H,3-7H2,1-2H3,(H,13,15)/t11-/m0/s1. The number of oxime groups is 1. The first-order valence-electron chi connectivity index (χ1n) is 5.85. The zero-order chi connectivity index (χ0) is 11.6. The van der Waals surface area contributed by atoms with E-state index >= 15 is 0 Å². The number of rotatable bonds is 3. The summed E-state index contributed by atoms with van der Waals surface area (Å²) in [5.41, 5.74) is 0.286. The number of hydrogen-bond donors (Lipinski definition) is 2. The van der Waals surface area contributed by atoms with Gasteiger partial charge in [0, 0.05) is 25.9 Å². The second-order valence-corrected chi connectivity index (χ2v) is 5.02. The van der Waals surface area contributed by atoms with Gasteiger partial charge in [0.05, 0.1) is 0 Å². The first-order valence-corrected chi connectivity index (χ1v) is 5.85. The van der Waals surface area contributed by atoms with Crippen LogP contribution in [0, 0.1) is 5.92 Å². The fourth-order valence-corrected chi connectivity index (χ4v) is 1.99. The summed E-state index contributed by atoms with van der Waals surface area (Å²) in [5, 5.41) is 10.0. The summed E-state index contributed by atoms with van der Waals surface area (Å²) >= 11 is 0. The molecule has 0 unspecified atom stereocenters. The zero-order valence-electron chi connectivity index (χ0n) is 9.88. The minimum Gasteiger partial charge on any atom is -0.387 e. The van der Waals surface area contributed by atoms with Gasteiger partial charge >= 0.3 is 0 Å². The summed E-state index contributed by atoms with van der Waals surface area (Å²) in [6.45, 7) is 6.54. The SMILES string of the molecule is CC(C)CNC(=O)C1=NO[C@@]2(CCNC2)C1. The Morgan fingerprint density at radius 2 is 2.50 bits per heavy atom. The van der Waals surface area contributed by atoms with E-state index in [2.05, 4.69) is 29.6 Å². The Kier molecular flexibility index (Phi) is 3.14. The third-order valence-electron chi connectivity index (χ3n) is 2.98. The van der Waals surface area contributed by atoms with E-state index in [9.17, 15) is 4.79 Å². The van der Waals surface area contributed by atoms with Gasteiger partial charge in [0.2, 0.25) is 0 Å². The molecule has 5 heteroatoms. The Labute approximate surface area is 95.6 Å². The molecule has 0 radical (unpaired) electrons.